The first-order valence-corrected chi connectivity index (χ1v) is 5.77. The highest BCUT2D eigenvalue weighted by Crippen LogP contribution is 2.26. The Kier molecular flexibility index (Phi) is 3.85. The van der Waals surface area contributed by atoms with Gasteiger partial charge in [-0.1, -0.05) is 11.6 Å². The molecule has 0 aromatic heterocycles. The summed E-state index contributed by atoms with van der Waals surface area (Å²) in [5, 5.41) is 2.68. The first-order valence-electron chi connectivity index (χ1n) is 5.39. The van der Waals surface area contributed by atoms with Crippen molar-refractivity contribution in [2.75, 3.05) is 11.1 Å². The Balaban J connectivity index is 2.19. The van der Waals surface area contributed by atoms with Crippen molar-refractivity contribution >= 4 is 23.0 Å². The van der Waals surface area contributed by atoms with Crippen LogP contribution in [-0.4, -0.2) is 0 Å². The zero-order chi connectivity index (χ0) is 14.0. The van der Waals surface area contributed by atoms with Crippen molar-refractivity contribution in [3.05, 3.63) is 58.4 Å². The first-order chi connectivity index (χ1) is 8.97. The number of nitrogens with two attached hydrogens (primary N) is 1. The molecular formula is C13H10ClF3N2. The summed E-state index contributed by atoms with van der Waals surface area (Å²) >= 11 is 5.62. The lowest BCUT2D eigenvalue weighted by molar-refractivity contribution is 0.587. The van der Waals surface area contributed by atoms with Crippen LogP contribution in [0.5, 0.6) is 0 Å². The van der Waals surface area contributed by atoms with Crippen LogP contribution in [-0.2, 0) is 6.54 Å². The molecule has 6 heteroatoms. The number of hydrogen-bond donors (Lipinski definition) is 2. The molecule has 0 radical (unpaired) electrons. The van der Waals surface area contributed by atoms with E-state index < -0.39 is 17.5 Å². The molecule has 2 rings (SSSR count). The van der Waals surface area contributed by atoms with Crippen molar-refractivity contribution in [2.45, 2.75) is 6.54 Å². The minimum absolute atomic E-state index is 0.00968. The van der Waals surface area contributed by atoms with Gasteiger partial charge in [0.1, 0.15) is 17.5 Å². The van der Waals surface area contributed by atoms with E-state index in [1.807, 2.05) is 0 Å². The molecule has 0 aliphatic rings. The minimum atomic E-state index is -0.637. The molecule has 0 saturated heterocycles. The number of rotatable bonds is 3. The first kappa shape index (κ1) is 13.5. The normalized spacial score (nSPS) is 10.5. The maximum absolute atomic E-state index is 13.4. The van der Waals surface area contributed by atoms with Crippen molar-refractivity contribution < 1.29 is 13.2 Å². The highest BCUT2D eigenvalue weighted by atomic mass is 35.5. The molecule has 0 heterocycles. The molecule has 2 aromatic carbocycles. The molecule has 3 N–H and O–H groups in total. The van der Waals surface area contributed by atoms with Crippen LogP contribution in [0.4, 0.5) is 24.5 Å². The Hall–Kier alpha value is -1.88. The van der Waals surface area contributed by atoms with Crippen molar-refractivity contribution in [1.29, 1.82) is 0 Å². The van der Waals surface area contributed by atoms with E-state index in [0.717, 1.165) is 24.3 Å². The van der Waals surface area contributed by atoms with Crippen LogP contribution in [0.15, 0.2) is 30.3 Å². The van der Waals surface area contributed by atoms with E-state index in [0.29, 0.717) is 5.69 Å². The van der Waals surface area contributed by atoms with Crippen LogP contribution in [0, 0.1) is 17.5 Å². The van der Waals surface area contributed by atoms with E-state index in [4.69, 9.17) is 17.3 Å². The lowest BCUT2D eigenvalue weighted by Gasteiger charge is -2.11. The van der Waals surface area contributed by atoms with E-state index in [1.165, 1.54) is 6.07 Å². The minimum Gasteiger partial charge on any atom is -0.397 e. The maximum atomic E-state index is 13.4. The second-order valence-electron chi connectivity index (χ2n) is 3.94. The summed E-state index contributed by atoms with van der Waals surface area (Å²) in [4.78, 5) is 0. The summed E-state index contributed by atoms with van der Waals surface area (Å²) < 4.78 is 39.5. The van der Waals surface area contributed by atoms with E-state index >= 15 is 0 Å². The number of nitrogen functional groups attached to an aromatic ring is 1. The van der Waals surface area contributed by atoms with E-state index in [-0.39, 0.29) is 22.8 Å². The number of anilines is 2. The summed E-state index contributed by atoms with van der Waals surface area (Å²) in [6.07, 6.45) is 0. The average molecular weight is 287 g/mol. The highest BCUT2D eigenvalue weighted by Gasteiger charge is 2.08. The smallest absolute Gasteiger partial charge is 0.143 e. The Labute approximate surface area is 113 Å². The topological polar surface area (TPSA) is 38.0 Å². The largest absolute Gasteiger partial charge is 0.397 e. The molecule has 0 saturated carbocycles. The van der Waals surface area contributed by atoms with Crippen LogP contribution in [0.1, 0.15) is 5.56 Å². The lowest BCUT2D eigenvalue weighted by atomic mass is 10.2. The predicted molar refractivity (Wildman–Crippen MR) is 69.5 cm³/mol. The fourth-order valence-corrected chi connectivity index (χ4v) is 1.75. The van der Waals surface area contributed by atoms with Gasteiger partial charge in [0.2, 0.25) is 0 Å². The Morgan fingerprint density at radius 1 is 1.05 bits per heavy atom. The predicted octanol–water partition coefficient (Wildman–Crippen LogP) is 3.95. The van der Waals surface area contributed by atoms with Gasteiger partial charge in [0.05, 0.1) is 16.4 Å². The third kappa shape index (κ3) is 3.12. The molecule has 0 spiro atoms. The standard InChI is InChI=1S/C13H10ClF3N2/c14-9-4-13(12(18)5-11(9)17)19-6-7-3-8(15)1-2-10(7)16/h1-5,19H,6,18H2. The number of hydrogen-bond acceptors (Lipinski definition) is 2. The van der Waals surface area contributed by atoms with Gasteiger partial charge < -0.3 is 11.1 Å². The van der Waals surface area contributed by atoms with Gasteiger partial charge in [-0.2, -0.15) is 0 Å². The van der Waals surface area contributed by atoms with Gasteiger partial charge in [0.15, 0.2) is 0 Å². The van der Waals surface area contributed by atoms with Crippen LogP contribution in [0.25, 0.3) is 0 Å². The van der Waals surface area contributed by atoms with E-state index in [9.17, 15) is 13.2 Å². The Morgan fingerprint density at radius 3 is 2.53 bits per heavy atom. The zero-order valence-corrected chi connectivity index (χ0v) is 10.4. The van der Waals surface area contributed by atoms with Gasteiger partial charge in [-0.05, 0) is 24.3 Å². The number of halogens is 4. The van der Waals surface area contributed by atoms with Crippen LogP contribution >= 0.6 is 11.6 Å². The van der Waals surface area contributed by atoms with Crippen molar-refractivity contribution in [3.63, 3.8) is 0 Å². The molecule has 0 aliphatic heterocycles. The fraction of sp³-hybridized carbons (Fsp3) is 0.0769. The zero-order valence-electron chi connectivity index (χ0n) is 9.68. The monoisotopic (exact) mass is 286 g/mol. The van der Waals surface area contributed by atoms with Gasteiger partial charge in [0.25, 0.3) is 0 Å². The Bertz CT molecular complexity index is 617. The maximum Gasteiger partial charge on any atom is 0.143 e. The van der Waals surface area contributed by atoms with Gasteiger partial charge in [0, 0.05) is 18.2 Å². The third-order valence-electron chi connectivity index (χ3n) is 2.57. The van der Waals surface area contributed by atoms with Crippen molar-refractivity contribution in [2.24, 2.45) is 0 Å². The van der Waals surface area contributed by atoms with Crippen LogP contribution in [0.3, 0.4) is 0 Å². The molecule has 0 amide bonds. The molecule has 0 bridgehead atoms. The molecule has 19 heavy (non-hydrogen) atoms. The summed E-state index contributed by atoms with van der Waals surface area (Å²) in [6, 6.07) is 5.50. The molecule has 2 aromatic rings. The lowest BCUT2D eigenvalue weighted by Crippen LogP contribution is -2.05. The summed E-state index contributed by atoms with van der Waals surface area (Å²) in [5.74, 6) is -1.72. The van der Waals surface area contributed by atoms with Crippen molar-refractivity contribution in [1.82, 2.24) is 0 Å². The molecule has 0 fully saturated rings. The summed E-state index contributed by atoms with van der Waals surface area (Å²) in [5.41, 5.74) is 6.23. The molecule has 0 aliphatic carbocycles. The summed E-state index contributed by atoms with van der Waals surface area (Å²) in [7, 11) is 0. The quantitative estimate of drug-likeness (QED) is 0.839. The SMILES string of the molecule is Nc1cc(F)c(Cl)cc1NCc1cc(F)ccc1F. The summed E-state index contributed by atoms with van der Waals surface area (Å²) in [6.45, 7) is 0.00968. The number of benzene rings is 2. The second kappa shape index (κ2) is 5.40. The van der Waals surface area contributed by atoms with Crippen molar-refractivity contribution in [3.8, 4) is 0 Å². The van der Waals surface area contributed by atoms with Gasteiger partial charge in [-0.25, -0.2) is 13.2 Å². The fourth-order valence-electron chi connectivity index (χ4n) is 1.58. The molecule has 0 unspecified atom stereocenters. The molecule has 2 nitrogen and oxygen atoms in total. The third-order valence-corrected chi connectivity index (χ3v) is 2.86. The van der Waals surface area contributed by atoms with Gasteiger partial charge >= 0.3 is 0 Å². The van der Waals surface area contributed by atoms with Crippen LogP contribution < -0.4 is 11.1 Å². The highest BCUT2D eigenvalue weighted by molar-refractivity contribution is 6.31. The molecule has 100 valence electrons. The van der Waals surface area contributed by atoms with Gasteiger partial charge in [-0.15, -0.1) is 0 Å². The van der Waals surface area contributed by atoms with Crippen LogP contribution in [0.2, 0.25) is 5.02 Å². The van der Waals surface area contributed by atoms with Gasteiger partial charge in [-0.3, -0.25) is 0 Å². The van der Waals surface area contributed by atoms with E-state index in [2.05, 4.69) is 5.32 Å². The Morgan fingerprint density at radius 2 is 1.79 bits per heavy atom. The number of nitrogens with one attached hydrogen (secondary N) is 1. The molecular weight excluding hydrogens is 277 g/mol. The van der Waals surface area contributed by atoms with E-state index in [1.54, 1.807) is 0 Å². The molecule has 0 atom stereocenters. The second-order valence-corrected chi connectivity index (χ2v) is 4.35. The average Bonchev–Trinajstić information content (AvgIpc) is 2.36.